The summed E-state index contributed by atoms with van der Waals surface area (Å²) in [7, 11) is 1.66. The minimum absolute atomic E-state index is 0.0357. The fraction of sp³-hybridized carbons (Fsp3) is 0.200. The van der Waals surface area contributed by atoms with Gasteiger partial charge in [-0.1, -0.05) is 47.5 Å². The molecular weight excluding hydrogens is 281 g/mol. The molecule has 0 spiro atoms. The zero-order valence-electron chi connectivity index (χ0n) is 10.8. The van der Waals surface area contributed by atoms with Crippen LogP contribution in [0.15, 0.2) is 42.5 Å². The topological polar surface area (TPSA) is 21.3 Å². The number of nitrogens with one attached hydrogen (secondary N) is 1. The minimum Gasteiger partial charge on any atom is -0.496 e. The van der Waals surface area contributed by atoms with Crippen molar-refractivity contribution >= 4 is 28.9 Å². The highest BCUT2D eigenvalue weighted by Gasteiger charge is 2.13. The van der Waals surface area contributed by atoms with Crippen LogP contribution in [0.3, 0.4) is 0 Å². The highest BCUT2D eigenvalue weighted by Crippen LogP contribution is 2.34. The number of halogens is 2. The van der Waals surface area contributed by atoms with Gasteiger partial charge >= 0.3 is 0 Å². The maximum atomic E-state index is 6.16. The van der Waals surface area contributed by atoms with Gasteiger partial charge in [-0.25, -0.2) is 0 Å². The zero-order valence-corrected chi connectivity index (χ0v) is 12.3. The van der Waals surface area contributed by atoms with Crippen molar-refractivity contribution in [2.75, 3.05) is 12.4 Å². The molecule has 2 rings (SSSR count). The number of hydrogen-bond acceptors (Lipinski definition) is 2. The van der Waals surface area contributed by atoms with E-state index in [0.29, 0.717) is 10.0 Å². The van der Waals surface area contributed by atoms with Crippen LogP contribution in [0.5, 0.6) is 5.75 Å². The number of anilines is 1. The Balaban J connectivity index is 2.28. The smallest absolute Gasteiger partial charge is 0.124 e. The Bertz CT molecular complexity index is 552. The van der Waals surface area contributed by atoms with Crippen molar-refractivity contribution in [2.45, 2.75) is 13.0 Å². The maximum Gasteiger partial charge on any atom is 0.124 e. The van der Waals surface area contributed by atoms with Crippen molar-refractivity contribution < 1.29 is 4.74 Å². The van der Waals surface area contributed by atoms with Crippen LogP contribution in [0.2, 0.25) is 10.0 Å². The molecule has 0 aliphatic carbocycles. The maximum absolute atomic E-state index is 6.16. The summed E-state index contributed by atoms with van der Waals surface area (Å²) >= 11 is 12.3. The van der Waals surface area contributed by atoms with E-state index >= 15 is 0 Å². The van der Waals surface area contributed by atoms with E-state index in [4.69, 9.17) is 27.9 Å². The summed E-state index contributed by atoms with van der Waals surface area (Å²) in [6, 6.07) is 13.3. The van der Waals surface area contributed by atoms with Gasteiger partial charge in [-0.2, -0.15) is 0 Å². The van der Waals surface area contributed by atoms with E-state index in [9.17, 15) is 0 Å². The molecule has 19 heavy (non-hydrogen) atoms. The lowest BCUT2D eigenvalue weighted by molar-refractivity contribution is 0.408. The van der Waals surface area contributed by atoms with Crippen LogP contribution in [0.1, 0.15) is 18.5 Å². The third kappa shape index (κ3) is 3.14. The van der Waals surface area contributed by atoms with Crippen molar-refractivity contribution in [1.29, 1.82) is 0 Å². The molecule has 0 aliphatic rings. The Morgan fingerprint density at radius 3 is 2.26 bits per heavy atom. The van der Waals surface area contributed by atoms with Crippen LogP contribution in [0.4, 0.5) is 5.69 Å². The lowest BCUT2D eigenvalue weighted by Crippen LogP contribution is -2.08. The molecule has 100 valence electrons. The molecule has 0 bridgehead atoms. The number of hydrogen-bond donors (Lipinski definition) is 1. The molecule has 0 amide bonds. The second kappa shape index (κ2) is 6.18. The van der Waals surface area contributed by atoms with E-state index in [1.165, 1.54) is 0 Å². The average Bonchev–Trinajstić information content (AvgIpc) is 2.42. The number of methoxy groups -OCH3 is 1. The molecule has 0 heterocycles. The second-order valence-corrected chi connectivity index (χ2v) is 5.02. The van der Waals surface area contributed by atoms with E-state index in [2.05, 4.69) is 5.32 Å². The summed E-state index contributed by atoms with van der Waals surface area (Å²) in [5.41, 5.74) is 1.80. The van der Waals surface area contributed by atoms with Crippen molar-refractivity contribution in [2.24, 2.45) is 0 Å². The Kier molecular flexibility index (Phi) is 4.56. The van der Waals surface area contributed by atoms with Gasteiger partial charge in [0.2, 0.25) is 0 Å². The second-order valence-electron chi connectivity index (χ2n) is 4.20. The van der Waals surface area contributed by atoms with E-state index in [0.717, 1.165) is 17.0 Å². The van der Waals surface area contributed by atoms with Gasteiger partial charge in [0, 0.05) is 5.56 Å². The van der Waals surface area contributed by atoms with Crippen LogP contribution in [0, 0.1) is 0 Å². The number of rotatable bonds is 4. The molecule has 0 saturated heterocycles. The average molecular weight is 296 g/mol. The zero-order chi connectivity index (χ0) is 13.8. The number of para-hydroxylation sites is 2. The van der Waals surface area contributed by atoms with Gasteiger partial charge < -0.3 is 10.1 Å². The van der Waals surface area contributed by atoms with Crippen LogP contribution in [0.25, 0.3) is 0 Å². The molecular formula is C15H15Cl2NO. The van der Waals surface area contributed by atoms with Crippen LogP contribution in [-0.2, 0) is 0 Å². The molecule has 0 saturated carbocycles. The number of benzene rings is 2. The van der Waals surface area contributed by atoms with Gasteiger partial charge in [-0.3, -0.25) is 0 Å². The highest BCUT2D eigenvalue weighted by molar-refractivity contribution is 6.39. The third-order valence-corrected chi connectivity index (χ3v) is 3.56. The van der Waals surface area contributed by atoms with Crippen molar-refractivity contribution in [3.63, 3.8) is 0 Å². The van der Waals surface area contributed by atoms with E-state index in [1.807, 2.05) is 49.4 Å². The lowest BCUT2D eigenvalue weighted by Gasteiger charge is -2.19. The van der Waals surface area contributed by atoms with Crippen molar-refractivity contribution in [3.8, 4) is 5.75 Å². The van der Waals surface area contributed by atoms with Crippen LogP contribution >= 0.6 is 23.2 Å². The van der Waals surface area contributed by atoms with E-state index in [1.54, 1.807) is 7.11 Å². The number of ether oxygens (including phenoxy) is 1. The molecule has 0 aromatic heterocycles. The van der Waals surface area contributed by atoms with Crippen LogP contribution in [-0.4, -0.2) is 7.11 Å². The van der Waals surface area contributed by atoms with Gasteiger partial charge in [0.1, 0.15) is 5.75 Å². The van der Waals surface area contributed by atoms with Gasteiger partial charge in [0.15, 0.2) is 0 Å². The van der Waals surface area contributed by atoms with Gasteiger partial charge in [0.25, 0.3) is 0 Å². The Labute approximate surface area is 123 Å². The van der Waals surface area contributed by atoms with Crippen molar-refractivity contribution in [3.05, 3.63) is 58.1 Å². The van der Waals surface area contributed by atoms with Gasteiger partial charge in [-0.05, 0) is 25.1 Å². The predicted molar refractivity (Wildman–Crippen MR) is 81.5 cm³/mol. The molecule has 1 unspecified atom stereocenters. The molecule has 0 fully saturated rings. The van der Waals surface area contributed by atoms with Crippen LogP contribution < -0.4 is 10.1 Å². The summed E-state index contributed by atoms with van der Waals surface area (Å²) in [4.78, 5) is 0. The lowest BCUT2D eigenvalue weighted by atomic mass is 10.1. The molecule has 4 heteroatoms. The quantitative estimate of drug-likeness (QED) is 0.839. The Morgan fingerprint density at radius 2 is 1.63 bits per heavy atom. The van der Waals surface area contributed by atoms with Gasteiger partial charge in [0.05, 0.1) is 28.9 Å². The molecule has 0 radical (unpaired) electrons. The fourth-order valence-electron chi connectivity index (χ4n) is 1.95. The molecule has 2 nitrogen and oxygen atoms in total. The summed E-state index contributed by atoms with van der Waals surface area (Å²) in [6.07, 6.45) is 0. The summed E-state index contributed by atoms with van der Waals surface area (Å²) in [6.45, 7) is 2.04. The first-order valence-electron chi connectivity index (χ1n) is 5.97. The van der Waals surface area contributed by atoms with Gasteiger partial charge in [-0.15, -0.1) is 0 Å². The summed E-state index contributed by atoms with van der Waals surface area (Å²) in [5, 5.41) is 4.54. The molecule has 1 N–H and O–H groups in total. The third-order valence-electron chi connectivity index (χ3n) is 2.93. The summed E-state index contributed by atoms with van der Waals surface area (Å²) < 4.78 is 5.36. The van der Waals surface area contributed by atoms with E-state index < -0.39 is 0 Å². The first-order chi connectivity index (χ1) is 9.13. The largest absolute Gasteiger partial charge is 0.496 e. The van der Waals surface area contributed by atoms with Crippen molar-refractivity contribution in [1.82, 2.24) is 0 Å². The monoisotopic (exact) mass is 295 g/mol. The minimum atomic E-state index is 0.0357. The Hall–Kier alpha value is -1.38. The first kappa shape index (κ1) is 14.0. The first-order valence-corrected chi connectivity index (χ1v) is 6.72. The summed E-state index contributed by atoms with van der Waals surface area (Å²) in [5.74, 6) is 0.839. The molecule has 0 aliphatic heterocycles. The Morgan fingerprint density at radius 1 is 1.00 bits per heavy atom. The highest BCUT2D eigenvalue weighted by atomic mass is 35.5. The van der Waals surface area contributed by atoms with E-state index in [-0.39, 0.29) is 6.04 Å². The normalized spacial score (nSPS) is 12.0. The fourth-order valence-corrected chi connectivity index (χ4v) is 2.46. The SMILES string of the molecule is COc1ccccc1C(C)Nc1c(Cl)cccc1Cl. The predicted octanol–water partition coefficient (Wildman–Crippen LogP) is 5.18. The standard InChI is InChI=1S/C15H15Cl2NO/c1-10(11-6-3-4-9-14(11)19-2)18-15-12(16)7-5-8-13(15)17/h3-10,18H,1-2H3. The molecule has 1 atom stereocenters. The molecule has 2 aromatic carbocycles. The molecule has 2 aromatic rings.